The number of pyridine rings is 1. The quantitative estimate of drug-likeness (QED) is 0.461. The number of aliphatic hydroxyl groups excluding tert-OH is 1. The molecule has 0 bridgehead atoms. The molecular weight excluding hydrogens is 476 g/mol. The highest BCUT2D eigenvalue weighted by Crippen LogP contribution is 2.45. The minimum Gasteiger partial charge on any atom is -0.477 e. The first-order valence-corrected chi connectivity index (χ1v) is 13.1. The number of aromatic nitrogens is 1. The van der Waals surface area contributed by atoms with Gasteiger partial charge in [-0.1, -0.05) is 36.7 Å². The van der Waals surface area contributed by atoms with Crippen LogP contribution in [0.3, 0.4) is 0 Å². The molecule has 3 heterocycles. The van der Waals surface area contributed by atoms with Gasteiger partial charge in [-0.05, 0) is 53.4 Å². The molecule has 1 saturated heterocycles. The lowest BCUT2D eigenvalue weighted by Gasteiger charge is -2.42. The third-order valence-corrected chi connectivity index (χ3v) is 8.88. The molecule has 172 valence electrons. The van der Waals surface area contributed by atoms with Crippen LogP contribution in [-0.4, -0.2) is 34.0 Å². The van der Waals surface area contributed by atoms with E-state index in [2.05, 4.69) is 12.2 Å². The molecule has 0 amide bonds. The van der Waals surface area contributed by atoms with Gasteiger partial charge in [0.05, 0.1) is 22.9 Å². The summed E-state index contributed by atoms with van der Waals surface area (Å²) in [6, 6.07) is 14.9. The molecule has 1 aliphatic carbocycles. The number of Topliss-reactive ketones (excluding diaryl/α,β-unsaturated/α-hetero) is 1. The molecule has 8 heteroatoms. The fraction of sp³-hybridized carbons (Fsp3) is 0.360. The maximum atomic E-state index is 13.4. The van der Waals surface area contributed by atoms with Gasteiger partial charge in [-0.15, -0.1) is 11.8 Å². The summed E-state index contributed by atoms with van der Waals surface area (Å²) in [6.07, 6.45) is 1.41. The highest BCUT2D eigenvalue weighted by molar-refractivity contribution is 8.00. The molecule has 0 spiro atoms. The SMILES string of the molecule is CC1(COc2cccc(C3(c4ccsc4)CC(=O)C(Sc4ccccc4Cl)C(O)N3)n2)CC1. The number of thiophene rings is 1. The Hall–Kier alpha value is -1.90. The Morgan fingerprint density at radius 2 is 2.06 bits per heavy atom. The van der Waals surface area contributed by atoms with Crippen molar-refractivity contribution in [2.24, 2.45) is 5.41 Å². The second kappa shape index (κ2) is 9.04. The number of thioether (sulfide) groups is 1. The van der Waals surface area contributed by atoms with Gasteiger partial charge in [0.25, 0.3) is 0 Å². The number of carbonyl (C=O) groups excluding carboxylic acids is 1. The van der Waals surface area contributed by atoms with Crippen molar-refractivity contribution in [3.8, 4) is 5.88 Å². The summed E-state index contributed by atoms with van der Waals surface area (Å²) < 4.78 is 5.99. The molecule has 1 saturated carbocycles. The highest BCUT2D eigenvalue weighted by Gasteiger charge is 2.48. The number of carbonyl (C=O) groups is 1. The number of halogens is 1. The molecule has 1 aliphatic heterocycles. The van der Waals surface area contributed by atoms with E-state index < -0.39 is 17.0 Å². The molecule has 0 radical (unpaired) electrons. The van der Waals surface area contributed by atoms with Crippen molar-refractivity contribution in [3.63, 3.8) is 0 Å². The van der Waals surface area contributed by atoms with Gasteiger partial charge in [0, 0.05) is 22.8 Å². The van der Waals surface area contributed by atoms with Crippen molar-refractivity contribution < 1.29 is 14.6 Å². The van der Waals surface area contributed by atoms with Gasteiger partial charge in [0.15, 0.2) is 5.78 Å². The Morgan fingerprint density at radius 3 is 2.76 bits per heavy atom. The minimum absolute atomic E-state index is 0.0593. The smallest absolute Gasteiger partial charge is 0.213 e. The maximum absolute atomic E-state index is 13.4. The van der Waals surface area contributed by atoms with Crippen LogP contribution in [0.15, 0.2) is 64.2 Å². The Kier molecular flexibility index (Phi) is 6.27. The number of benzene rings is 1. The first-order chi connectivity index (χ1) is 15.9. The summed E-state index contributed by atoms with van der Waals surface area (Å²) in [5.74, 6) is 0.475. The number of hydrogen-bond acceptors (Lipinski definition) is 7. The predicted molar refractivity (Wildman–Crippen MR) is 132 cm³/mol. The monoisotopic (exact) mass is 500 g/mol. The Labute approximate surface area is 206 Å². The Bertz CT molecular complexity index is 1150. The molecule has 1 aromatic carbocycles. The van der Waals surface area contributed by atoms with E-state index in [9.17, 15) is 9.90 Å². The third-order valence-electron chi connectivity index (χ3n) is 6.38. The normalized spacial score (nSPS) is 26.2. The predicted octanol–water partition coefficient (Wildman–Crippen LogP) is 5.26. The molecule has 5 nitrogen and oxygen atoms in total. The number of ether oxygens (including phenoxy) is 1. The molecule has 5 rings (SSSR count). The Morgan fingerprint density at radius 1 is 1.24 bits per heavy atom. The average Bonchev–Trinajstić information content (AvgIpc) is 3.29. The fourth-order valence-electron chi connectivity index (χ4n) is 4.07. The summed E-state index contributed by atoms with van der Waals surface area (Å²) >= 11 is 9.13. The van der Waals surface area contributed by atoms with Crippen LogP contribution >= 0.6 is 34.7 Å². The van der Waals surface area contributed by atoms with Gasteiger partial charge in [-0.2, -0.15) is 11.3 Å². The maximum Gasteiger partial charge on any atom is 0.213 e. The van der Waals surface area contributed by atoms with E-state index in [0.717, 1.165) is 23.3 Å². The van der Waals surface area contributed by atoms with Crippen LogP contribution in [0.4, 0.5) is 0 Å². The summed E-state index contributed by atoms with van der Waals surface area (Å²) in [4.78, 5) is 19.0. The third kappa shape index (κ3) is 4.70. The van der Waals surface area contributed by atoms with Crippen molar-refractivity contribution >= 4 is 40.5 Å². The minimum atomic E-state index is -1.08. The lowest BCUT2D eigenvalue weighted by Crippen LogP contribution is -2.60. The molecule has 3 atom stereocenters. The molecule has 3 unspecified atom stereocenters. The van der Waals surface area contributed by atoms with Gasteiger partial charge in [0.1, 0.15) is 11.5 Å². The highest BCUT2D eigenvalue weighted by atomic mass is 35.5. The number of piperidine rings is 1. The Balaban J connectivity index is 1.45. The van der Waals surface area contributed by atoms with Gasteiger partial charge in [-0.25, -0.2) is 4.98 Å². The van der Waals surface area contributed by atoms with Crippen LogP contribution in [0.1, 0.15) is 37.4 Å². The molecule has 2 fully saturated rings. The number of aliphatic hydroxyl groups is 1. The second-order valence-corrected chi connectivity index (χ2v) is 11.4. The number of ketones is 1. The molecule has 2 N–H and O–H groups in total. The van der Waals surface area contributed by atoms with Crippen LogP contribution < -0.4 is 10.1 Å². The van der Waals surface area contributed by atoms with Crippen LogP contribution in [0.5, 0.6) is 5.88 Å². The van der Waals surface area contributed by atoms with Gasteiger partial charge in [0.2, 0.25) is 5.88 Å². The van der Waals surface area contributed by atoms with Crippen molar-refractivity contribution in [1.82, 2.24) is 10.3 Å². The van der Waals surface area contributed by atoms with E-state index in [-0.39, 0.29) is 17.6 Å². The zero-order chi connectivity index (χ0) is 23.1. The summed E-state index contributed by atoms with van der Waals surface area (Å²) in [7, 11) is 0. The second-order valence-electron chi connectivity index (χ2n) is 9.08. The van der Waals surface area contributed by atoms with E-state index in [1.165, 1.54) is 11.8 Å². The van der Waals surface area contributed by atoms with Crippen molar-refractivity contribution in [2.45, 2.75) is 48.1 Å². The van der Waals surface area contributed by atoms with E-state index in [1.807, 2.05) is 53.2 Å². The van der Waals surface area contributed by atoms with Crippen LogP contribution in [0, 0.1) is 5.41 Å². The summed E-state index contributed by atoms with van der Waals surface area (Å²) in [5, 5.41) is 18.3. The summed E-state index contributed by atoms with van der Waals surface area (Å²) in [6.45, 7) is 2.83. The first kappa shape index (κ1) is 22.9. The van der Waals surface area contributed by atoms with Crippen LogP contribution in [0.25, 0.3) is 0 Å². The van der Waals surface area contributed by atoms with E-state index >= 15 is 0 Å². The van der Waals surface area contributed by atoms with E-state index in [0.29, 0.717) is 23.2 Å². The lowest BCUT2D eigenvalue weighted by atomic mass is 9.79. The summed E-state index contributed by atoms with van der Waals surface area (Å²) in [5.41, 5.74) is 0.866. The molecule has 33 heavy (non-hydrogen) atoms. The lowest BCUT2D eigenvalue weighted by molar-refractivity contribution is -0.125. The zero-order valence-electron chi connectivity index (χ0n) is 18.2. The van der Waals surface area contributed by atoms with Crippen molar-refractivity contribution in [1.29, 1.82) is 0 Å². The fourth-order valence-corrected chi connectivity index (χ4v) is 6.09. The van der Waals surface area contributed by atoms with Crippen LogP contribution in [-0.2, 0) is 10.3 Å². The molecule has 3 aromatic rings. The van der Waals surface area contributed by atoms with E-state index in [1.54, 1.807) is 17.4 Å². The van der Waals surface area contributed by atoms with E-state index in [4.69, 9.17) is 21.3 Å². The average molecular weight is 501 g/mol. The van der Waals surface area contributed by atoms with Gasteiger partial charge in [-0.3, -0.25) is 10.1 Å². The van der Waals surface area contributed by atoms with Crippen LogP contribution in [0.2, 0.25) is 5.02 Å². The first-order valence-electron chi connectivity index (χ1n) is 10.9. The molecule has 2 aliphatic rings. The number of nitrogens with zero attached hydrogens (tertiary/aromatic N) is 1. The standard InChI is InChI=1S/C25H25ClN2O3S2/c1-24(10-11-24)15-31-21-8-4-7-20(27-21)25(16-9-12-32-14-16)13-18(29)22(23(30)28-25)33-19-6-3-2-5-17(19)26/h2-9,12,14,22-23,28,30H,10-11,13,15H2,1H3. The largest absolute Gasteiger partial charge is 0.477 e. The number of hydrogen-bond donors (Lipinski definition) is 2. The van der Waals surface area contributed by atoms with Gasteiger partial charge >= 0.3 is 0 Å². The van der Waals surface area contributed by atoms with Gasteiger partial charge < -0.3 is 9.84 Å². The van der Waals surface area contributed by atoms with Crippen molar-refractivity contribution in [3.05, 3.63) is 75.6 Å². The number of nitrogens with one attached hydrogen (secondary N) is 1. The molecular formula is C25H25ClN2O3S2. The topological polar surface area (TPSA) is 71.5 Å². The van der Waals surface area contributed by atoms with Crippen molar-refractivity contribution in [2.75, 3.05) is 6.61 Å². The zero-order valence-corrected chi connectivity index (χ0v) is 20.6. The molecule has 2 aromatic heterocycles. The number of rotatable bonds is 7.